The van der Waals surface area contributed by atoms with Crippen molar-refractivity contribution in [2.45, 2.75) is 6.23 Å². The second-order valence-corrected chi connectivity index (χ2v) is 3.38. The van der Waals surface area contributed by atoms with Crippen LogP contribution in [0.4, 0.5) is 0 Å². The minimum atomic E-state index is -0.495. The molecule has 0 heterocycles. The van der Waals surface area contributed by atoms with Gasteiger partial charge < -0.3 is 19.1 Å². The molecule has 0 aliphatic rings. The second-order valence-electron chi connectivity index (χ2n) is 3.38. The standard InChI is InChI=1S/C11H20N2O5/c1-13(5-4-10(15)12-9-14)11(8-17-3)18-7-6-16-2/h4-5,9,11H,6-8H2,1-3H3,(H,12,14,15)/b5-4-. The predicted octanol–water partition coefficient (Wildman–Crippen LogP) is -0.660. The van der Waals surface area contributed by atoms with Crippen molar-refractivity contribution in [3.63, 3.8) is 0 Å². The summed E-state index contributed by atoms with van der Waals surface area (Å²) >= 11 is 0. The van der Waals surface area contributed by atoms with Gasteiger partial charge in [0, 0.05) is 33.5 Å². The number of carbonyl (C=O) groups excluding carboxylic acids is 2. The third-order valence-electron chi connectivity index (χ3n) is 2.02. The molecule has 1 N–H and O–H groups in total. The lowest BCUT2D eigenvalue weighted by Gasteiger charge is -2.26. The van der Waals surface area contributed by atoms with Crippen molar-refractivity contribution in [2.75, 3.05) is 41.1 Å². The lowest BCUT2D eigenvalue weighted by atomic mass is 10.5. The van der Waals surface area contributed by atoms with Crippen LogP contribution in [0, 0.1) is 0 Å². The van der Waals surface area contributed by atoms with Gasteiger partial charge in [0.2, 0.25) is 6.41 Å². The molecule has 2 amide bonds. The summed E-state index contributed by atoms with van der Waals surface area (Å²) in [6.45, 7) is 1.24. The van der Waals surface area contributed by atoms with Gasteiger partial charge in [-0.1, -0.05) is 0 Å². The summed E-state index contributed by atoms with van der Waals surface area (Å²) in [7, 11) is 4.88. The Balaban J connectivity index is 4.22. The van der Waals surface area contributed by atoms with Crippen LogP contribution in [-0.4, -0.2) is 64.5 Å². The number of methoxy groups -OCH3 is 2. The molecule has 0 radical (unpaired) electrons. The Morgan fingerprint density at radius 3 is 2.61 bits per heavy atom. The minimum absolute atomic E-state index is 0.328. The largest absolute Gasteiger partial charge is 0.382 e. The van der Waals surface area contributed by atoms with Crippen LogP contribution in [0.15, 0.2) is 12.3 Å². The summed E-state index contributed by atoms with van der Waals surface area (Å²) < 4.78 is 15.4. The van der Waals surface area contributed by atoms with Crippen LogP contribution in [0.3, 0.4) is 0 Å². The number of likely N-dealkylation sites (N-methyl/N-ethyl adjacent to an activating group) is 1. The first-order valence-electron chi connectivity index (χ1n) is 5.39. The smallest absolute Gasteiger partial charge is 0.251 e. The maximum absolute atomic E-state index is 11.0. The molecule has 0 rings (SSSR count). The first-order chi connectivity index (χ1) is 8.65. The number of carbonyl (C=O) groups is 2. The third kappa shape index (κ3) is 7.77. The van der Waals surface area contributed by atoms with Gasteiger partial charge >= 0.3 is 0 Å². The maximum Gasteiger partial charge on any atom is 0.251 e. The number of amides is 2. The van der Waals surface area contributed by atoms with Crippen molar-refractivity contribution in [3.8, 4) is 0 Å². The van der Waals surface area contributed by atoms with Gasteiger partial charge in [0.25, 0.3) is 5.91 Å². The van der Waals surface area contributed by atoms with Gasteiger partial charge in [0.05, 0.1) is 19.8 Å². The molecular weight excluding hydrogens is 240 g/mol. The summed E-state index contributed by atoms with van der Waals surface area (Å²) in [6, 6.07) is 0. The van der Waals surface area contributed by atoms with Crippen molar-refractivity contribution in [3.05, 3.63) is 12.3 Å². The van der Waals surface area contributed by atoms with E-state index in [1.165, 1.54) is 12.3 Å². The molecule has 104 valence electrons. The van der Waals surface area contributed by atoms with Crippen LogP contribution in [0.25, 0.3) is 0 Å². The molecule has 0 spiro atoms. The van der Waals surface area contributed by atoms with E-state index in [4.69, 9.17) is 14.2 Å². The van der Waals surface area contributed by atoms with E-state index in [9.17, 15) is 9.59 Å². The van der Waals surface area contributed by atoms with Crippen LogP contribution in [-0.2, 0) is 23.8 Å². The van der Waals surface area contributed by atoms with Crippen LogP contribution in [0.5, 0.6) is 0 Å². The van der Waals surface area contributed by atoms with Crippen molar-refractivity contribution in [1.82, 2.24) is 10.2 Å². The van der Waals surface area contributed by atoms with Crippen molar-refractivity contribution < 1.29 is 23.8 Å². The topological polar surface area (TPSA) is 77.1 Å². The lowest BCUT2D eigenvalue weighted by molar-refractivity contribution is -0.121. The number of hydrogen-bond donors (Lipinski definition) is 1. The first kappa shape index (κ1) is 16.6. The number of ether oxygens (including phenoxy) is 3. The van der Waals surface area contributed by atoms with E-state index < -0.39 is 5.91 Å². The molecule has 1 unspecified atom stereocenters. The summed E-state index contributed by atoms with van der Waals surface area (Å²) in [5.41, 5.74) is 0. The van der Waals surface area contributed by atoms with E-state index in [1.807, 2.05) is 5.32 Å². The van der Waals surface area contributed by atoms with Crippen LogP contribution < -0.4 is 5.32 Å². The Bertz CT molecular complexity index is 270. The van der Waals surface area contributed by atoms with Crippen molar-refractivity contribution in [1.29, 1.82) is 0 Å². The highest BCUT2D eigenvalue weighted by Crippen LogP contribution is 2.00. The van der Waals surface area contributed by atoms with Crippen molar-refractivity contribution in [2.24, 2.45) is 0 Å². The van der Waals surface area contributed by atoms with Crippen molar-refractivity contribution >= 4 is 12.3 Å². The average molecular weight is 260 g/mol. The molecule has 0 aromatic heterocycles. The molecule has 0 saturated heterocycles. The number of hydrogen-bond acceptors (Lipinski definition) is 6. The highest BCUT2D eigenvalue weighted by Gasteiger charge is 2.12. The average Bonchev–Trinajstić information content (AvgIpc) is 2.35. The van der Waals surface area contributed by atoms with Crippen LogP contribution in [0.2, 0.25) is 0 Å². The normalized spacial score (nSPS) is 12.4. The zero-order valence-corrected chi connectivity index (χ0v) is 10.9. The number of nitrogens with zero attached hydrogens (tertiary/aromatic N) is 1. The van der Waals surface area contributed by atoms with E-state index in [-0.39, 0.29) is 6.23 Å². The van der Waals surface area contributed by atoms with Gasteiger partial charge in [-0.2, -0.15) is 0 Å². The van der Waals surface area contributed by atoms with E-state index >= 15 is 0 Å². The van der Waals surface area contributed by atoms with Crippen LogP contribution in [0.1, 0.15) is 0 Å². The molecule has 18 heavy (non-hydrogen) atoms. The first-order valence-corrected chi connectivity index (χ1v) is 5.39. The quantitative estimate of drug-likeness (QED) is 0.243. The maximum atomic E-state index is 11.0. The summed E-state index contributed by atoms with van der Waals surface area (Å²) in [4.78, 5) is 22.7. The Labute approximate surface area is 107 Å². The molecule has 7 heteroatoms. The lowest BCUT2D eigenvalue weighted by Crippen LogP contribution is -2.35. The van der Waals surface area contributed by atoms with Gasteiger partial charge in [0.1, 0.15) is 0 Å². The number of rotatable bonds is 10. The molecule has 0 aromatic rings. The van der Waals surface area contributed by atoms with E-state index in [1.54, 1.807) is 26.2 Å². The Morgan fingerprint density at radius 1 is 1.33 bits per heavy atom. The molecular formula is C11H20N2O5. The molecule has 0 fully saturated rings. The van der Waals surface area contributed by atoms with E-state index in [2.05, 4.69) is 0 Å². The predicted molar refractivity (Wildman–Crippen MR) is 64.6 cm³/mol. The highest BCUT2D eigenvalue weighted by molar-refractivity contribution is 5.94. The molecule has 0 aliphatic heterocycles. The molecule has 0 saturated carbocycles. The summed E-state index contributed by atoms with van der Waals surface area (Å²) in [5, 5.41) is 2.00. The fourth-order valence-electron chi connectivity index (χ4n) is 1.08. The number of imide groups is 1. The molecule has 0 aliphatic carbocycles. The Kier molecular flexibility index (Phi) is 9.84. The van der Waals surface area contributed by atoms with E-state index in [0.29, 0.717) is 26.2 Å². The van der Waals surface area contributed by atoms with Crippen LogP contribution >= 0.6 is 0 Å². The second kappa shape index (κ2) is 10.7. The van der Waals surface area contributed by atoms with Gasteiger partial charge in [-0.15, -0.1) is 0 Å². The highest BCUT2D eigenvalue weighted by atomic mass is 16.6. The zero-order valence-electron chi connectivity index (χ0n) is 10.9. The van der Waals surface area contributed by atoms with Gasteiger partial charge in [0.15, 0.2) is 6.23 Å². The summed E-state index contributed by atoms with van der Waals surface area (Å²) in [6.07, 6.45) is 2.74. The third-order valence-corrected chi connectivity index (χ3v) is 2.02. The SMILES string of the molecule is COCCOC(COC)N(C)/C=C\C(=O)NC=O. The monoisotopic (exact) mass is 260 g/mol. The van der Waals surface area contributed by atoms with Gasteiger partial charge in [-0.05, 0) is 0 Å². The fourth-order valence-corrected chi connectivity index (χ4v) is 1.08. The zero-order chi connectivity index (χ0) is 13.8. The Morgan fingerprint density at radius 2 is 2.06 bits per heavy atom. The molecule has 0 aromatic carbocycles. The van der Waals surface area contributed by atoms with Gasteiger partial charge in [-0.3, -0.25) is 14.9 Å². The minimum Gasteiger partial charge on any atom is -0.382 e. The molecule has 7 nitrogen and oxygen atoms in total. The fraction of sp³-hybridized carbons (Fsp3) is 0.636. The van der Waals surface area contributed by atoms with E-state index in [0.717, 1.165) is 0 Å². The molecule has 0 bridgehead atoms. The van der Waals surface area contributed by atoms with Gasteiger partial charge in [-0.25, -0.2) is 0 Å². The number of nitrogens with one attached hydrogen (secondary N) is 1. The Hall–Kier alpha value is -1.44. The summed E-state index contributed by atoms with van der Waals surface area (Å²) in [5.74, 6) is -0.495. The molecule has 1 atom stereocenters.